The minimum atomic E-state index is -0.204. The van der Waals surface area contributed by atoms with Crippen molar-refractivity contribution in [2.45, 2.75) is 51.7 Å². The molecule has 24 heavy (non-hydrogen) atoms. The first-order chi connectivity index (χ1) is 11.2. The van der Waals surface area contributed by atoms with Crippen molar-refractivity contribution in [2.24, 2.45) is 4.99 Å². The normalized spacial score (nSPS) is 22.0. The number of carbonyl (C=O) groups excluding carboxylic acids is 1. The fourth-order valence-corrected chi connectivity index (χ4v) is 2.92. The molecule has 1 amide bonds. The van der Waals surface area contributed by atoms with Crippen molar-refractivity contribution in [3.8, 4) is 0 Å². The van der Waals surface area contributed by atoms with Gasteiger partial charge >= 0.3 is 6.09 Å². The molecule has 2 rings (SSSR count). The van der Waals surface area contributed by atoms with Crippen LogP contribution in [0.2, 0.25) is 0 Å². The molecule has 0 aromatic rings. The minimum absolute atomic E-state index is 0. The summed E-state index contributed by atoms with van der Waals surface area (Å²) in [7, 11) is 0. The molecule has 2 N–H and O–H groups in total. The largest absolute Gasteiger partial charge is 0.450 e. The van der Waals surface area contributed by atoms with Gasteiger partial charge in [0.25, 0.3) is 0 Å². The molecule has 8 heteroatoms. The number of carbonyl (C=O) groups is 1. The molecule has 1 atom stereocenters. The van der Waals surface area contributed by atoms with E-state index >= 15 is 0 Å². The van der Waals surface area contributed by atoms with Gasteiger partial charge in [0.15, 0.2) is 5.96 Å². The number of amides is 1. The van der Waals surface area contributed by atoms with Crippen molar-refractivity contribution >= 4 is 36.0 Å². The summed E-state index contributed by atoms with van der Waals surface area (Å²) < 4.78 is 10.7. The summed E-state index contributed by atoms with van der Waals surface area (Å²) >= 11 is 0. The van der Waals surface area contributed by atoms with Crippen molar-refractivity contribution in [1.82, 2.24) is 15.5 Å². The molecule has 0 aromatic heterocycles. The van der Waals surface area contributed by atoms with Crippen LogP contribution in [0.15, 0.2) is 4.99 Å². The number of nitrogens with one attached hydrogen (secondary N) is 2. The zero-order chi connectivity index (χ0) is 16.5. The Hall–Kier alpha value is -0.770. The van der Waals surface area contributed by atoms with Gasteiger partial charge in [-0.25, -0.2) is 4.79 Å². The Morgan fingerprint density at radius 2 is 2.04 bits per heavy atom. The highest BCUT2D eigenvalue weighted by Gasteiger charge is 2.24. The van der Waals surface area contributed by atoms with Gasteiger partial charge in [0, 0.05) is 32.3 Å². The maximum absolute atomic E-state index is 11.7. The molecular weight excluding hydrogens is 423 g/mol. The summed E-state index contributed by atoms with van der Waals surface area (Å²) in [5.41, 5.74) is 0. The second-order valence-electron chi connectivity index (χ2n) is 5.96. The molecule has 140 valence electrons. The second-order valence-corrected chi connectivity index (χ2v) is 5.96. The van der Waals surface area contributed by atoms with Crippen LogP contribution in [0.5, 0.6) is 0 Å². The number of ether oxygens (including phenoxy) is 2. The SMILES string of the molecule is CCNC(=NCC1CCCO1)NC1CCN(C(=O)OCC)CC1.I. The molecule has 0 saturated carbocycles. The van der Waals surface area contributed by atoms with E-state index in [2.05, 4.69) is 22.5 Å². The lowest BCUT2D eigenvalue weighted by molar-refractivity contribution is 0.0962. The van der Waals surface area contributed by atoms with Gasteiger partial charge in [-0.1, -0.05) is 0 Å². The molecule has 0 bridgehead atoms. The average molecular weight is 454 g/mol. The van der Waals surface area contributed by atoms with E-state index in [9.17, 15) is 4.79 Å². The lowest BCUT2D eigenvalue weighted by Crippen LogP contribution is -2.50. The Kier molecular flexibility index (Phi) is 10.4. The van der Waals surface area contributed by atoms with Crippen molar-refractivity contribution < 1.29 is 14.3 Å². The van der Waals surface area contributed by atoms with Crippen molar-refractivity contribution in [1.29, 1.82) is 0 Å². The zero-order valence-electron chi connectivity index (χ0n) is 14.8. The van der Waals surface area contributed by atoms with E-state index in [1.54, 1.807) is 4.90 Å². The molecule has 0 aliphatic carbocycles. The molecule has 0 aromatic carbocycles. The Morgan fingerprint density at radius 1 is 1.29 bits per heavy atom. The third-order valence-corrected chi connectivity index (χ3v) is 4.18. The number of rotatable bonds is 5. The highest BCUT2D eigenvalue weighted by molar-refractivity contribution is 14.0. The summed E-state index contributed by atoms with van der Waals surface area (Å²) in [6, 6.07) is 0.336. The highest BCUT2D eigenvalue weighted by Crippen LogP contribution is 2.13. The maximum atomic E-state index is 11.7. The first-order valence-electron chi connectivity index (χ1n) is 8.81. The van der Waals surface area contributed by atoms with E-state index < -0.39 is 0 Å². The topological polar surface area (TPSA) is 75.2 Å². The molecule has 2 aliphatic heterocycles. The second kappa shape index (κ2) is 11.7. The fourth-order valence-electron chi connectivity index (χ4n) is 2.92. The van der Waals surface area contributed by atoms with Crippen LogP contribution in [0.25, 0.3) is 0 Å². The Bertz CT molecular complexity index is 395. The van der Waals surface area contributed by atoms with E-state index in [-0.39, 0.29) is 36.2 Å². The monoisotopic (exact) mass is 454 g/mol. The lowest BCUT2D eigenvalue weighted by Gasteiger charge is -2.32. The van der Waals surface area contributed by atoms with Crippen molar-refractivity contribution in [3.05, 3.63) is 0 Å². The van der Waals surface area contributed by atoms with Crippen LogP contribution in [0.4, 0.5) is 4.79 Å². The van der Waals surface area contributed by atoms with Gasteiger partial charge in [0.2, 0.25) is 0 Å². The molecule has 0 spiro atoms. The number of hydrogen-bond acceptors (Lipinski definition) is 4. The fraction of sp³-hybridized carbons (Fsp3) is 0.875. The summed E-state index contributed by atoms with van der Waals surface area (Å²) in [5.74, 6) is 0.845. The van der Waals surface area contributed by atoms with Crippen molar-refractivity contribution in [3.63, 3.8) is 0 Å². The quantitative estimate of drug-likeness (QED) is 0.378. The summed E-state index contributed by atoms with van der Waals surface area (Å²) in [6.07, 6.45) is 4.10. The molecule has 2 heterocycles. The number of hydrogen-bond donors (Lipinski definition) is 2. The van der Waals surface area contributed by atoms with Gasteiger partial charge in [-0.05, 0) is 39.5 Å². The van der Waals surface area contributed by atoms with Gasteiger partial charge in [0.1, 0.15) is 0 Å². The zero-order valence-corrected chi connectivity index (χ0v) is 17.1. The predicted molar refractivity (Wildman–Crippen MR) is 105 cm³/mol. The van der Waals surface area contributed by atoms with Gasteiger partial charge in [0.05, 0.1) is 19.3 Å². The highest BCUT2D eigenvalue weighted by atomic mass is 127. The third kappa shape index (κ3) is 7.00. The average Bonchev–Trinajstić information content (AvgIpc) is 3.07. The number of piperidine rings is 1. The number of aliphatic imine (C=N–C) groups is 1. The number of nitrogens with zero attached hydrogens (tertiary/aromatic N) is 2. The van der Waals surface area contributed by atoms with E-state index in [0.29, 0.717) is 19.2 Å². The minimum Gasteiger partial charge on any atom is -0.450 e. The lowest BCUT2D eigenvalue weighted by atomic mass is 10.1. The Balaban J connectivity index is 0.00000288. The van der Waals surface area contributed by atoms with Crippen LogP contribution >= 0.6 is 24.0 Å². The van der Waals surface area contributed by atoms with E-state index in [4.69, 9.17) is 9.47 Å². The van der Waals surface area contributed by atoms with Crippen LogP contribution in [-0.2, 0) is 9.47 Å². The van der Waals surface area contributed by atoms with Crippen LogP contribution in [0.3, 0.4) is 0 Å². The van der Waals surface area contributed by atoms with E-state index in [1.807, 2.05) is 6.92 Å². The first-order valence-corrected chi connectivity index (χ1v) is 8.81. The van der Waals surface area contributed by atoms with Crippen LogP contribution < -0.4 is 10.6 Å². The molecule has 7 nitrogen and oxygen atoms in total. The van der Waals surface area contributed by atoms with Gasteiger partial charge in [-0.3, -0.25) is 4.99 Å². The van der Waals surface area contributed by atoms with Gasteiger partial charge in [-0.15, -0.1) is 24.0 Å². The summed E-state index contributed by atoms with van der Waals surface area (Å²) in [4.78, 5) is 18.1. The smallest absolute Gasteiger partial charge is 0.409 e. The van der Waals surface area contributed by atoms with Gasteiger partial charge < -0.3 is 25.0 Å². The van der Waals surface area contributed by atoms with Crippen LogP contribution in [0, 0.1) is 0 Å². The Morgan fingerprint density at radius 3 is 2.62 bits per heavy atom. The third-order valence-electron chi connectivity index (χ3n) is 4.18. The molecule has 1 unspecified atom stereocenters. The maximum Gasteiger partial charge on any atom is 0.409 e. The molecule has 0 radical (unpaired) electrons. The molecular formula is C16H31IN4O3. The van der Waals surface area contributed by atoms with E-state index in [0.717, 1.165) is 57.9 Å². The Labute approximate surface area is 161 Å². The first kappa shape index (κ1) is 21.3. The molecule has 2 saturated heterocycles. The van der Waals surface area contributed by atoms with Gasteiger partial charge in [-0.2, -0.15) is 0 Å². The number of guanidine groups is 1. The van der Waals surface area contributed by atoms with Crippen LogP contribution in [-0.4, -0.2) is 68.5 Å². The molecule has 2 aliphatic rings. The summed E-state index contributed by atoms with van der Waals surface area (Å²) in [6.45, 7) is 8.17. The molecule has 2 fully saturated rings. The number of halogens is 1. The van der Waals surface area contributed by atoms with E-state index in [1.165, 1.54) is 0 Å². The number of likely N-dealkylation sites (tertiary alicyclic amines) is 1. The summed E-state index contributed by atoms with van der Waals surface area (Å²) in [5, 5.41) is 6.76. The predicted octanol–water partition coefficient (Wildman–Crippen LogP) is 1.96. The standard InChI is InChI=1S/C16H30N4O3.HI/c1-3-17-15(18-12-14-6-5-11-23-14)19-13-7-9-20(10-8-13)16(21)22-4-2;/h13-14H,3-12H2,1-2H3,(H2,17,18,19);1H. The van der Waals surface area contributed by atoms with Crippen molar-refractivity contribution in [2.75, 3.05) is 39.4 Å². The van der Waals surface area contributed by atoms with Crippen LogP contribution in [0.1, 0.15) is 39.5 Å².